The maximum atomic E-state index is 11.9. The second-order valence-electron chi connectivity index (χ2n) is 4.50. The van der Waals surface area contributed by atoms with Gasteiger partial charge in [-0.3, -0.25) is 0 Å². The summed E-state index contributed by atoms with van der Waals surface area (Å²) in [6, 6.07) is 21.1. The zero-order valence-corrected chi connectivity index (χ0v) is 11.7. The molecule has 2 aromatic carbocycles. The van der Waals surface area contributed by atoms with Crippen LogP contribution in [0.2, 0.25) is 0 Å². The fraction of sp³-hybridized carbons (Fsp3) is 0.111. The van der Waals surface area contributed by atoms with Crippen molar-refractivity contribution in [1.82, 2.24) is 0 Å². The Morgan fingerprint density at radius 1 is 1.05 bits per heavy atom. The first-order valence-corrected chi connectivity index (χ1v) is 6.63. The largest absolute Gasteiger partial charge is 0.444 e. The van der Waals surface area contributed by atoms with Gasteiger partial charge in [0.15, 0.2) is 6.10 Å². The van der Waals surface area contributed by atoms with E-state index in [2.05, 4.69) is 0 Å². The van der Waals surface area contributed by atoms with Gasteiger partial charge in [-0.1, -0.05) is 60.7 Å². The maximum absolute atomic E-state index is 11.9. The van der Waals surface area contributed by atoms with Gasteiger partial charge in [0, 0.05) is 6.08 Å². The van der Waals surface area contributed by atoms with Crippen LogP contribution in [0.15, 0.2) is 66.7 Å². The summed E-state index contributed by atoms with van der Waals surface area (Å²) in [5.74, 6) is -0.522. The van der Waals surface area contributed by atoms with Crippen molar-refractivity contribution < 1.29 is 9.53 Å². The molecule has 3 nitrogen and oxygen atoms in total. The van der Waals surface area contributed by atoms with E-state index in [-0.39, 0.29) is 0 Å². The van der Waals surface area contributed by atoms with Crippen LogP contribution in [0.5, 0.6) is 0 Å². The highest BCUT2D eigenvalue weighted by molar-refractivity contribution is 5.96. The van der Waals surface area contributed by atoms with Crippen LogP contribution in [-0.2, 0) is 9.53 Å². The Balaban J connectivity index is 2.38. The normalized spacial score (nSPS) is 11.0. The quantitative estimate of drug-likeness (QED) is 0.634. The minimum absolute atomic E-state index is 0.522. The maximum Gasteiger partial charge on any atom is 0.332 e. The first-order chi connectivity index (χ1) is 10.2. The summed E-state index contributed by atoms with van der Waals surface area (Å²) in [7, 11) is 0. The van der Waals surface area contributed by atoms with Gasteiger partial charge in [-0.2, -0.15) is 5.26 Å². The second kappa shape index (κ2) is 7.06. The Hall–Kier alpha value is -2.86. The molecule has 2 aromatic rings. The van der Waals surface area contributed by atoms with E-state index in [1.54, 1.807) is 0 Å². The number of carbonyl (C=O) groups is 1. The summed E-state index contributed by atoms with van der Waals surface area (Å²) >= 11 is 0. The van der Waals surface area contributed by atoms with Crippen LogP contribution in [0, 0.1) is 11.3 Å². The number of rotatable bonds is 4. The molecule has 0 aromatic heterocycles. The number of benzene rings is 2. The van der Waals surface area contributed by atoms with Crippen molar-refractivity contribution >= 4 is 11.5 Å². The first-order valence-electron chi connectivity index (χ1n) is 6.63. The molecule has 0 bridgehead atoms. The minimum atomic E-state index is -0.762. The molecule has 0 aliphatic carbocycles. The SMILES string of the molecule is CC(C#N)OC(=O)C=C(c1ccccc1)c1ccccc1. The van der Waals surface area contributed by atoms with Crippen LogP contribution in [0.4, 0.5) is 0 Å². The lowest BCUT2D eigenvalue weighted by atomic mass is 9.98. The summed E-state index contributed by atoms with van der Waals surface area (Å²) in [6.45, 7) is 1.54. The first kappa shape index (κ1) is 14.5. The van der Waals surface area contributed by atoms with Gasteiger partial charge in [-0.25, -0.2) is 4.79 Å². The molecule has 0 saturated carbocycles. The lowest BCUT2D eigenvalue weighted by Gasteiger charge is -2.09. The van der Waals surface area contributed by atoms with E-state index in [1.165, 1.54) is 13.0 Å². The predicted molar refractivity (Wildman–Crippen MR) is 81.1 cm³/mol. The van der Waals surface area contributed by atoms with E-state index in [0.717, 1.165) is 16.7 Å². The topological polar surface area (TPSA) is 50.1 Å². The molecule has 21 heavy (non-hydrogen) atoms. The highest BCUT2D eigenvalue weighted by Gasteiger charge is 2.10. The number of ether oxygens (including phenoxy) is 1. The number of carbonyl (C=O) groups excluding carboxylic acids is 1. The monoisotopic (exact) mass is 277 g/mol. The zero-order valence-electron chi connectivity index (χ0n) is 11.7. The Morgan fingerprint density at radius 3 is 1.95 bits per heavy atom. The van der Waals surface area contributed by atoms with Gasteiger partial charge in [0.05, 0.1) is 0 Å². The predicted octanol–water partition coefficient (Wildman–Crippen LogP) is 3.57. The van der Waals surface area contributed by atoms with Crippen molar-refractivity contribution in [2.75, 3.05) is 0 Å². The molecule has 0 aliphatic rings. The summed E-state index contributed by atoms with van der Waals surface area (Å²) < 4.78 is 5.00. The smallest absolute Gasteiger partial charge is 0.332 e. The average Bonchev–Trinajstić information content (AvgIpc) is 2.54. The van der Waals surface area contributed by atoms with E-state index in [4.69, 9.17) is 10.00 Å². The van der Waals surface area contributed by atoms with Crippen molar-refractivity contribution in [2.45, 2.75) is 13.0 Å². The third-order valence-electron chi connectivity index (χ3n) is 2.91. The van der Waals surface area contributed by atoms with E-state index in [1.807, 2.05) is 66.7 Å². The number of hydrogen-bond acceptors (Lipinski definition) is 3. The molecule has 3 heteroatoms. The summed E-state index contributed by atoms with van der Waals surface area (Å²) in [4.78, 5) is 11.9. The van der Waals surface area contributed by atoms with Crippen molar-refractivity contribution in [1.29, 1.82) is 5.26 Å². The molecule has 0 spiro atoms. The van der Waals surface area contributed by atoms with Crippen LogP contribution in [-0.4, -0.2) is 12.1 Å². The van der Waals surface area contributed by atoms with Gasteiger partial charge in [0.25, 0.3) is 0 Å². The van der Waals surface area contributed by atoms with Crippen molar-refractivity contribution in [3.05, 3.63) is 77.9 Å². The summed E-state index contributed by atoms with van der Waals surface area (Å²) in [6.07, 6.45) is 0.667. The van der Waals surface area contributed by atoms with Crippen LogP contribution >= 0.6 is 0 Å². The van der Waals surface area contributed by atoms with Gasteiger partial charge in [0.2, 0.25) is 0 Å². The Labute approximate surface area is 124 Å². The molecule has 104 valence electrons. The van der Waals surface area contributed by atoms with Crippen LogP contribution in [0.1, 0.15) is 18.1 Å². The Bertz CT molecular complexity index is 628. The number of hydrogen-bond donors (Lipinski definition) is 0. The fourth-order valence-corrected chi connectivity index (χ4v) is 1.92. The molecular weight excluding hydrogens is 262 g/mol. The molecule has 0 saturated heterocycles. The average molecular weight is 277 g/mol. The van der Waals surface area contributed by atoms with Gasteiger partial charge < -0.3 is 4.74 Å². The van der Waals surface area contributed by atoms with Crippen LogP contribution in [0.25, 0.3) is 5.57 Å². The summed E-state index contributed by atoms with van der Waals surface area (Å²) in [5, 5.41) is 8.70. The highest BCUT2D eigenvalue weighted by atomic mass is 16.5. The highest BCUT2D eigenvalue weighted by Crippen LogP contribution is 2.23. The Kier molecular flexibility index (Phi) is 4.89. The fourth-order valence-electron chi connectivity index (χ4n) is 1.92. The van der Waals surface area contributed by atoms with Crippen molar-refractivity contribution in [3.63, 3.8) is 0 Å². The number of esters is 1. The molecule has 0 amide bonds. The molecule has 2 rings (SSSR count). The molecule has 1 unspecified atom stereocenters. The van der Waals surface area contributed by atoms with Gasteiger partial charge in [-0.05, 0) is 23.6 Å². The molecule has 0 fully saturated rings. The molecular formula is C18H15NO2. The van der Waals surface area contributed by atoms with Gasteiger partial charge in [-0.15, -0.1) is 0 Å². The lowest BCUT2D eigenvalue weighted by molar-refractivity contribution is -0.139. The number of nitrogens with zero attached hydrogens (tertiary/aromatic N) is 1. The third kappa shape index (κ3) is 4.05. The van der Waals surface area contributed by atoms with Crippen molar-refractivity contribution in [2.24, 2.45) is 0 Å². The molecule has 0 N–H and O–H groups in total. The van der Waals surface area contributed by atoms with E-state index in [9.17, 15) is 4.79 Å². The van der Waals surface area contributed by atoms with Gasteiger partial charge >= 0.3 is 5.97 Å². The van der Waals surface area contributed by atoms with Gasteiger partial charge in [0.1, 0.15) is 6.07 Å². The minimum Gasteiger partial charge on any atom is -0.444 e. The van der Waals surface area contributed by atoms with E-state index in [0.29, 0.717) is 0 Å². The Morgan fingerprint density at radius 2 is 1.52 bits per heavy atom. The van der Waals surface area contributed by atoms with E-state index < -0.39 is 12.1 Å². The molecule has 0 aliphatic heterocycles. The standard InChI is InChI=1S/C18H15NO2/c1-14(13-19)21-18(20)12-17(15-8-4-2-5-9-15)16-10-6-3-7-11-16/h2-12,14H,1H3. The van der Waals surface area contributed by atoms with Crippen molar-refractivity contribution in [3.8, 4) is 6.07 Å². The zero-order chi connectivity index (χ0) is 15.1. The van der Waals surface area contributed by atoms with E-state index >= 15 is 0 Å². The third-order valence-corrected chi connectivity index (χ3v) is 2.91. The van der Waals surface area contributed by atoms with Crippen LogP contribution < -0.4 is 0 Å². The number of nitriles is 1. The van der Waals surface area contributed by atoms with Crippen LogP contribution in [0.3, 0.4) is 0 Å². The second-order valence-corrected chi connectivity index (χ2v) is 4.50. The molecule has 0 radical (unpaired) electrons. The molecule has 0 heterocycles. The molecule has 1 atom stereocenters. The summed E-state index contributed by atoms with van der Waals surface area (Å²) in [5.41, 5.74) is 2.61. The lowest BCUT2D eigenvalue weighted by Crippen LogP contribution is -2.11.